The van der Waals surface area contributed by atoms with Crippen molar-refractivity contribution >= 4 is 36.1 Å². The predicted octanol–water partition coefficient (Wildman–Crippen LogP) is 3.51. The second-order valence-corrected chi connectivity index (χ2v) is 10.5. The van der Waals surface area contributed by atoms with Crippen molar-refractivity contribution in [2.24, 2.45) is 0 Å². The minimum Gasteiger partial charge on any atom is -0.497 e. The van der Waals surface area contributed by atoms with Crippen LogP contribution in [0.3, 0.4) is 0 Å². The lowest BCUT2D eigenvalue weighted by Gasteiger charge is -2.45. The van der Waals surface area contributed by atoms with Crippen molar-refractivity contribution in [1.82, 2.24) is 4.57 Å². The molecule has 0 saturated carbocycles. The number of pyridine rings is 1. The molecule has 2 heterocycles. The summed E-state index contributed by atoms with van der Waals surface area (Å²) >= 11 is 5.90. The largest absolute Gasteiger partial charge is 0.497 e. The van der Waals surface area contributed by atoms with Crippen molar-refractivity contribution in [2.45, 2.75) is 77.6 Å². The Bertz CT molecular complexity index is 1530. The first-order chi connectivity index (χ1) is 20.5. The molecule has 1 aromatic heterocycles. The van der Waals surface area contributed by atoms with Crippen molar-refractivity contribution in [3.8, 4) is 22.9 Å². The Balaban J connectivity index is 1.96. The highest BCUT2D eigenvalue weighted by atomic mass is 32.1. The van der Waals surface area contributed by atoms with Crippen LogP contribution in [0.15, 0.2) is 24.3 Å². The topological polar surface area (TPSA) is 152 Å². The lowest BCUT2D eigenvalue weighted by molar-refractivity contribution is -0.269. The van der Waals surface area contributed by atoms with E-state index in [-0.39, 0.29) is 16.8 Å². The van der Waals surface area contributed by atoms with Gasteiger partial charge in [0.05, 0.1) is 12.7 Å². The molecule has 2 aromatic rings. The van der Waals surface area contributed by atoms with Crippen LogP contribution in [0.4, 0.5) is 0 Å². The number of methoxy groups -OCH3 is 1. The van der Waals surface area contributed by atoms with Gasteiger partial charge in [-0.3, -0.25) is 19.2 Å². The Labute approximate surface area is 253 Å². The van der Waals surface area contributed by atoms with Gasteiger partial charge in [-0.25, -0.2) is 0 Å². The van der Waals surface area contributed by atoms with Crippen molar-refractivity contribution in [2.75, 3.05) is 13.7 Å². The van der Waals surface area contributed by atoms with E-state index in [2.05, 4.69) is 6.07 Å². The van der Waals surface area contributed by atoms with E-state index >= 15 is 0 Å². The third-order valence-corrected chi connectivity index (χ3v) is 7.58. The van der Waals surface area contributed by atoms with Crippen molar-refractivity contribution in [3.05, 3.63) is 45.7 Å². The van der Waals surface area contributed by atoms with Gasteiger partial charge in [-0.1, -0.05) is 24.4 Å². The summed E-state index contributed by atoms with van der Waals surface area (Å²) in [5.74, 6) is -2.17. The summed E-state index contributed by atoms with van der Waals surface area (Å²) < 4.78 is 35.4. The molecule has 0 N–H and O–H groups in total. The maximum absolute atomic E-state index is 12.4. The molecule has 0 amide bonds. The standard InChI is InChI=1S/C30H32N2O10S/c1-15(33)38-14-24-26(39-16(2)34)27(40-17(3)35)28(41-18(4)36)29(42-24)32-23-8-6-7-21(23)25(22(13-31)30(32)43)19-9-11-20(37-5)12-10-19/h9-12,24,26-29H,6-8,14H2,1-5H3/t24-,26+,27+,28+,29-/m1/s1. The number of nitrogens with zero attached hydrogens (tertiary/aromatic N) is 2. The fourth-order valence-electron chi connectivity index (χ4n) is 5.63. The number of nitriles is 1. The van der Waals surface area contributed by atoms with Gasteiger partial charge >= 0.3 is 23.9 Å². The van der Waals surface area contributed by atoms with E-state index in [0.717, 1.165) is 37.1 Å². The Morgan fingerprint density at radius 1 is 0.930 bits per heavy atom. The number of fused-ring (bicyclic) bond motifs is 1. The van der Waals surface area contributed by atoms with E-state index in [0.29, 0.717) is 24.2 Å². The first kappa shape index (κ1) is 31.7. The summed E-state index contributed by atoms with van der Waals surface area (Å²) in [4.78, 5) is 48.5. The highest BCUT2D eigenvalue weighted by Crippen LogP contribution is 2.42. The van der Waals surface area contributed by atoms with E-state index in [1.165, 1.54) is 13.8 Å². The lowest BCUT2D eigenvalue weighted by atomic mass is 9.93. The predicted molar refractivity (Wildman–Crippen MR) is 151 cm³/mol. The van der Waals surface area contributed by atoms with Crippen LogP contribution in [-0.2, 0) is 55.7 Å². The number of ether oxygens (including phenoxy) is 6. The highest BCUT2D eigenvalue weighted by Gasteiger charge is 2.53. The van der Waals surface area contributed by atoms with Crippen LogP contribution in [0.5, 0.6) is 5.75 Å². The van der Waals surface area contributed by atoms with Crippen LogP contribution in [0.25, 0.3) is 11.1 Å². The summed E-state index contributed by atoms with van der Waals surface area (Å²) in [6.45, 7) is 4.30. The van der Waals surface area contributed by atoms with Crippen molar-refractivity contribution < 1.29 is 47.6 Å². The van der Waals surface area contributed by atoms with Crippen LogP contribution < -0.4 is 4.74 Å². The molecule has 4 rings (SSSR count). The first-order valence-electron chi connectivity index (χ1n) is 13.6. The van der Waals surface area contributed by atoms with Crippen molar-refractivity contribution in [1.29, 1.82) is 5.26 Å². The SMILES string of the molecule is COc1ccc(-c2c3c(n([C@@H]4O[C@H](COC(C)=O)[C@H](OC(C)=O)[C@H](OC(C)=O)[C@@H]4OC(C)=O)c(=S)c2C#N)CCC3)cc1. The van der Waals surface area contributed by atoms with Crippen LogP contribution in [0, 0.1) is 16.0 Å². The number of rotatable bonds is 8. The molecule has 0 spiro atoms. The molecule has 12 nitrogen and oxygen atoms in total. The number of esters is 4. The maximum Gasteiger partial charge on any atom is 0.303 e. The summed E-state index contributed by atoms with van der Waals surface area (Å²) in [7, 11) is 1.56. The van der Waals surface area contributed by atoms with Gasteiger partial charge in [0.1, 0.15) is 29.2 Å². The summed E-state index contributed by atoms with van der Waals surface area (Å²) in [5, 5.41) is 10.4. The van der Waals surface area contributed by atoms with E-state index in [4.69, 9.17) is 40.6 Å². The molecule has 13 heteroatoms. The minimum atomic E-state index is -1.37. The summed E-state index contributed by atoms with van der Waals surface area (Å²) in [5.41, 5.74) is 3.27. The number of carbonyl (C=O) groups is 4. The Kier molecular flexibility index (Phi) is 9.83. The number of aromatic nitrogens is 1. The number of carbonyl (C=O) groups excluding carboxylic acids is 4. The van der Waals surface area contributed by atoms with Crippen LogP contribution >= 0.6 is 12.2 Å². The second-order valence-electron chi connectivity index (χ2n) is 10.1. The van der Waals surface area contributed by atoms with E-state index in [9.17, 15) is 24.4 Å². The van der Waals surface area contributed by atoms with Crippen molar-refractivity contribution in [3.63, 3.8) is 0 Å². The third-order valence-electron chi connectivity index (χ3n) is 7.18. The molecule has 2 aliphatic rings. The quantitative estimate of drug-likeness (QED) is 0.244. The van der Waals surface area contributed by atoms with Gasteiger partial charge in [-0.2, -0.15) is 5.26 Å². The number of benzene rings is 1. The molecule has 43 heavy (non-hydrogen) atoms. The fourth-order valence-corrected chi connectivity index (χ4v) is 5.99. The number of hydrogen-bond donors (Lipinski definition) is 0. The molecule has 1 fully saturated rings. The van der Waals surface area contributed by atoms with Gasteiger partial charge in [0.2, 0.25) is 0 Å². The Hall–Kier alpha value is -4.28. The smallest absolute Gasteiger partial charge is 0.303 e. The zero-order valence-corrected chi connectivity index (χ0v) is 25.2. The molecular weight excluding hydrogens is 580 g/mol. The van der Waals surface area contributed by atoms with Crippen LogP contribution in [-0.4, -0.2) is 66.6 Å². The molecule has 1 aliphatic carbocycles. The van der Waals surface area contributed by atoms with Crippen LogP contribution in [0.2, 0.25) is 0 Å². The molecule has 1 aliphatic heterocycles. The maximum atomic E-state index is 12.4. The molecule has 0 unspecified atom stereocenters. The molecular formula is C30H32N2O10S. The molecule has 0 radical (unpaired) electrons. The van der Waals surface area contributed by atoms with Gasteiger partial charge in [0.25, 0.3) is 0 Å². The molecule has 1 saturated heterocycles. The van der Waals surface area contributed by atoms with E-state index in [1.54, 1.807) is 23.8 Å². The monoisotopic (exact) mass is 612 g/mol. The van der Waals surface area contributed by atoms with Gasteiger partial charge in [-0.15, -0.1) is 0 Å². The fraction of sp³-hybridized carbons (Fsp3) is 0.467. The average molecular weight is 613 g/mol. The average Bonchev–Trinajstić information content (AvgIpc) is 3.42. The zero-order chi connectivity index (χ0) is 31.4. The lowest BCUT2D eigenvalue weighted by Crippen LogP contribution is -2.60. The first-order valence-corrected chi connectivity index (χ1v) is 14.0. The van der Waals surface area contributed by atoms with Gasteiger partial charge in [0, 0.05) is 39.0 Å². The molecule has 0 bridgehead atoms. The van der Waals surface area contributed by atoms with E-state index in [1.807, 2.05) is 12.1 Å². The Morgan fingerprint density at radius 3 is 2.09 bits per heavy atom. The molecule has 5 atom stereocenters. The summed E-state index contributed by atoms with van der Waals surface area (Å²) in [6, 6.07) is 9.52. The van der Waals surface area contributed by atoms with Gasteiger partial charge in [0.15, 0.2) is 24.5 Å². The van der Waals surface area contributed by atoms with Gasteiger partial charge < -0.3 is 33.0 Å². The molecule has 1 aromatic carbocycles. The van der Waals surface area contributed by atoms with Gasteiger partial charge in [-0.05, 0) is 42.5 Å². The van der Waals surface area contributed by atoms with E-state index < -0.39 is 54.5 Å². The highest BCUT2D eigenvalue weighted by molar-refractivity contribution is 7.71. The van der Waals surface area contributed by atoms with Crippen LogP contribution in [0.1, 0.15) is 57.2 Å². The summed E-state index contributed by atoms with van der Waals surface area (Å²) in [6.07, 6.45) is -4.49. The molecule has 228 valence electrons. The second kappa shape index (κ2) is 13.4. The third kappa shape index (κ3) is 6.71. The normalized spacial score (nSPS) is 22.5. The Morgan fingerprint density at radius 2 is 1.53 bits per heavy atom. The zero-order valence-electron chi connectivity index (χ0n) is 24.4. The minimum absolute atomic E-state index is 0.106. The number of hydrogen-bond acceptors (Lipinski definition) is 12.